The Bertz CT molecular complexity index is 467. The van der Waals surface area contributed by atoms with Crippen molar-refractivity contribution in [3.8, 4) is 5.75 Å². The SMILES string of the molecule is CN(C)S(=O)(=O)N1CC(Oc2ccccc2)C1. The lowest BCUT2D eigenvalue weighted by molar-refractivity contribution is 0.0727. The quantitative estimate of drug-likeness (QED) is 0.790. The molecule has 1 aliphatic heterocycles. The van der Waals surface area contributed by atoms with Gasteiger partial charge in [0.25, 0.3) is 10.2 Å². The van der Waals surface area contributed by atoms with Gasteiger partial charge >= 0.3 is 0 Å². The van der Waals surface area contributed by atoms with Gasteiger partial charge in [0.2, 0.25) is 0 Å². The Labute approximate surface area is 102 Å². The molecule has 0 N–H and O–H groups in total. The zero-order chi connectivity index (χ0) is 12.5. The second-order valence-corrected chi connectivity index (χ2v) is 6.30. The first-order valence-corrected chi connectivity index (χ1v) is 6.79. The lowest BCUT2D eigenvalue weighted by Crippen LogP contribution is -2.58. The Morgan fingerprint density at radius 3 is 2.35 bits per heavy atom. The molecular weight excluding hydrogens is 240 g/mol. The molecule has 0 atom stereocenters. The normalized spacial score (nSPS) is 18.1. The molecular formula is C11H16N2O3S. The van der Waals surface area contributed by atoms with E-state index in [9.17, 15) is 8.42 Å². The molecule has 0 spiro atoms. The molecule has 0 radical (unpaired) electrons. The Hall–Kier alpha value is -1.11. The monoisotopic (exact) mass is 256 g/mol. The van der Waals surface area contributed by atoms with Crippen LogP contribution in [0, 0.1) is 0 Å². The van der Waals surface area contributed by atoms with Crippen LogP contribution in [-0.4, -0.2) is 50.3 Å². The molecule has 1 aliphatic rings. The van der Waals surface area contributed by atoms with Gasteiger partial charge in [-0.1, -0.05) is 18.2 Å². The second-order valence-electron chi connectivity index (χ2n) is 4.16. The van der Waals surface area contributed by atoms with Crippen LogP contribution >= 0.6 is 0 Å². The molecule has 6 heteroatoms. The summed E-state index contributed by atoms with van der Waals surface area (Å²) in [4.78, 5) is 0. The first-order chi connectivity index (χ1) is 8.00. The molecule has 0 amide bonds. The van der Waals surface area contributed by atoms with E-state index in [2.05, 4.69) is 0 Å². The first kappa shape index (κ1) is 12.3. The third kappa shape index (κ3) is 2.59. The van der Waals surface area contributed by atoms with E-state index in [1.54, 1.807) is 0 Å². The van der Waals surface area contributed by atoms with Gasteiger partial charge in [0.05, 0.1) is 13.1 Å². The van der Waals surface area contributed by atoms with Crippen molar-refractivity contribution in [1.82, 2.24) is 8.61 Å². The molecule has 0 saturated carbocycles. The molecule has 1 heterocycles. The highest BCUT2D eigenvalue weighted by Crippen LogP contribution is 2.20. The molecule has 1 saturated heterocycles. The van der Waals surface area contributed by atoms with Crippen LogP contribution in [0.3, 0.4) is 0 Å². The van der Waals surface area contributed by atoms with Crippen LogP contribution in [0.4, 0.5) is 0 Å². The molecule has 2 rings (SSSR count). The molecule has 0 bridgehead atoms. The maximum atomic E-state index is 11.7. The summed E-state index contributed by atoms with van der Waals surface area (Å²) < 4.78 is 31.7. The zero-order valence-electron chi connectivity index (χ0n) is 9.91. The lowest BCUT2D eigenvalue weighted by atomic mass is 10.2. The summed E-state index contributed by atoms with van der Waals surface area (Å²) in [6, 6.07) is 9.42. The number of nitrogens with zero attached hydrogens (tertiary/aromatic N) is 2. The summed E-state index contributed by atoms with van der Waals surface area (Å²) in [6.45, 7) is 0.824. The van der Waals surface area contributed by atoms with Crippen molar-refractivity contribution in [1.29, 1.82) is 0 Å². The van der Waals surface area contributed by atoms with Crippen molar-refractivity contribution in [2.24, 2.45) is 0 Å². The Morgan fingerprint density at radius 1 is 1.24 bits per heavy atom. The summed E-state index contributed by atoms with van der Waals surface area (Å²) in [5.74, 6) is 0.777. The second kappa shape index (κ2) is 4.64. The highest BCUT2D eigenvalue weighted by atomic mass is 32.2. The highest BCUT2D eigenvalue weighted by molar-refractivity contribution is 7.86. The van der Waals surface area contributed by atoms with Crippen molar-refractivity contribution < 1.29 is 13.2 Å². The van der Waals surface area contributed by atoms with Gasteiger partial charge in [-0.2, -0.15) is 17.0 Å². The minimum absolute atomic E-state index is 0.0490. The van der Waals surface area contributed by atoms with E-state index in [4.69, 9.17) is 4.74 Å². The van der Waals surface area contributed by atoms with Gasteiger partial charge in [-0.3, -0.25) is 0 Å². The van der Waals surface area contributed by atoms with Gasteiger partial charge < -0.3 is 4.74 Å². The maximum Gasteiger partial charge on any atom is 0.281 e. The summed E-state index contributed by atoms with van der Waals surface area (Å²) in [7, 11) is -0.222. The van der Waals surface area contributed by atoms with Gasteiger partial charge in [0, 0.05) is 14.1 Å². The molecule has 94 valence electrons. The van der Waals surface area contributed by atoms with Crippen molar-refractivity contribution in [3.05, 3.63) is 30.3 Å². The van der Waals surface area contributed by atoms with Gasteiger partial charge in [0.1, 0.15) is 11.9 Å². The smallest absolute Gasteiger partial charge is 0.281 e. The number of hydrogen-bond donors (Lipinski definition) is 0. The van der Waals surface area contributed by atoms with Crippen molar-refractivity contribution >= 4 is 10.2 Å². The number of benzene rings is 1. The van der Waals surface area contributed by atoms with Crippen LogP contribution in [0.1, 0.15) is 0 Å². The fraction of sp³-hybridized carbons (Fsp3) is 0.455. The standard InChI is InChI=1S/C11H16N2O3S/c1-12(2)17(14,15)13-8-11(9-13)16-10-6-4-3-5-7-10/h3-7,11H,8-9H2,1-2H3. The third-order valence-electron chi connectivity index (χ3n) is 2.65. The summed E-state index contributed by atoms with van der Waals surface area (Å²) in [6.07, 6.45) is -0.0490. The van der Waals surface area contributed by atoms with E-state index < -0.39 is 10.2 Å². The Kier molecular flexibility index (Phi) is 3.37. The van der Waals surface area contributed by atoms with Crippen LogP contribution in [0.2, 0.25) is 0 Å². The van der Waals surface area contributed by atoms with Crippen molar-refractivity contribution in [2.45, 2.75) is 6.10 Å². The first-order valence-electron chi connectivity index (χ1n) is 5.39. The van der Waals surface area contributed by atoms with Crippen molar-refractivity contribution in [3.63, 3.8) is 0 Å². The predicted molar refractivity (Wildman–Crippen MR) is 65.0 cm³/mol. The minimum atomic E-state index is -3.28. The fourth-order valence-electron chi connectivity index (χ4n) is 1.59. The largest absolute Gasteiger partial charge is 0.488 e. The van der Waals surface area contributed by atoms with Gasteiger partial charge in [-0.25, -0.2) is 0 Å². The maximum absolute atomic E-state index is 11.7. The molecule has 5 nitrogen and oxygen atoms in total. The van der Waals surface area contributed by atoms with Crippen molar-refractivity contribution in [2.75, 3.05) is 27.2 Å². The van der Waals surface area contributed by atoms with Crippen LogP contribution < -0.4 is 4.74 Å². The van der Waals surface area contributed by atoms with E-state index >= 15 is 0 Å². The number of para-hydroxylation sites is 1. The summed E-state index contributed by atoms with van der Waals surface area (Å²) >= 11 is 0. The van der Waals surface area contributed by atoms with Crippen LogP contribution in [0.25, 0.3) is 0 Å². The number of ether oxygens (including phenoxy) is 1. The molecule has 1 aromatic carbocycles. The molecule has 17 heavy (non-hydrogen) atoms. The fourth-order valence-corrected chi connectivity index (χ4v) is 2.76. The Morgan fingerprint density at radius 2 is 1.82 bits per heavy atom. The van der Waals surface area contributed by atoms with Gasteiger partial charge in [-0.15, -0.1) is 0 Å². The van der Waals surface area contributed by atoms with Crippen LogP contribution in [0.5, 0.6) is 5.75 Å². The molecule has 0 aromatic heterocycles. The van der Waals surface area contributed by atoms with E-state index in [1.807, 2.05) is 30.3 Å². The predicted octanol–water partition coefficient (Wildman–Crippen LogP) is 0.556. The van der Waals surface area contributed by atoms with E-state index in [-0.39, 0.29) is 6.10 Å². The van der Waals surface area contributed by atoms with Gasteiger partial charge in [-0.05, 0) is 12.1 Å². The van der Waals surface area contributed by atoms with E-state index in [0.717, 1.165) is 5.75 Å². The van der Waals surface area contributed by atoms with E-state index in [1.165, 1.54) is 22.7 Å². The van der Waals surface area contributed by atoms with Crippen LogP contribution in [0.15, 0.2) is 30.3 Å². The molecule has 1 aromatic rings. The minimum Gasteiger partial charge on any atom is -0.488 e. The third-order valence-corrected chi connectivity index (χ3v) is 4.52. The average Bonchev–Trinajstić information content (AvgIpc) is 2.23. The Balaban J connectivity index is 1.88. The average molecular weight is 256 g/mol. The summed E-state index contributed by atoms with van der Waals surface area (Å²) in [5.41, 5.74) is 0. The zero-order valence-corrected chi connectivity index (χ0v) is 10.7. The highest BCUT2D eigenvalue weighted by Gasteiger charge is 2.38. The topological polar surface area (TPSA) is 49.9 Å². The molecule has 1 fully saturated rings. The number of hydrogen-bond acceptors (Lipinski definition) is 3. The van der Waals surface area contributed by atoms with E-state index in [0.29, 0.717) is 13.1 Å². The number of rotatable bonds is 4. The summed E-state index contributed by atoms with van der Waals surface area (Å²) in [5, 5.41) is 0. The molecule has 0 unspecified atom stereocenters. The molecule has 0 aliphatic carbocycles. The van der Waals surface area contributed by atoms with Gasteiger partial charge in [0.15, 0.2) is 0 Å². The van der Waals surface area contributed by atoms with Crippen LogP contribution in [-0.2, 0) is 10.2 Å². The lowest BCUT2D eigenvalue weighted by Gasteiger charge is -2.38.